The lowest BCUT2D eigenvalue weighted by Crippen LogP contribution is -2.42. The van der Waals surface area contributed by atoms with Crippen LogP contribution in [-0.2, 0) is 17.3 Å². The Morgan fingerprint density at radius 3 is 1.51 bits per heavy atom. The Morgan fingerprint density at radius 2 is 1.00 bits per heavy atom. The predicted octanol–water partition coefficient (Wildman–Crippen LogP) is 10.3. The van der Waals surface area contributed by atoms with Gasteiger partial charge in [0, 0.05) is 16.4 Å². The molecule has 2 aromatic rings. The van der Waals surface area contributed by atoms with E-state index < -0.39 is 0 Å². The summed E-state index contributed by atoms with van der Waals surface area (Å²) in [7, 11) is 0. The minimum Gasteiger partial charge on any atom is -0.493 e. The quantitative estimate of drug-likeness (QED) is 0.423. The molecule has 35 heavy (non-hydrogen) atoms. The molecule has 4 rings (SSSR count). The highest BCUT2D eigenvalue weighted by atomic mass is 16.5. The van der Waals surface area contributed by atoms with E-state index in [0.717, 1.165) is 30.6 Å². The summed E-state index contributed by atoms with van der Waals surface area (Å²) in [6.07, 6.45) is 3.74. The summed E-state index contributed by atoms with van der Waals surface area (Å²) in [5, 5.41) is 0. The Labute approximate surface area is 219 Å². The molecule has 1 heterocycles. The highest BCUT2D eigenvalue weighted by Crippen LogP contribution is 2.50. The van der Waals surface area contributed by atoms with Crippen LogP contribution in [0.15, 0.2) is 48.5 Å². The maximum absolute atomic E-state index is 5.78. The third-order valence-electron chi connectivity index (χ3n) is 8.61. The van der Waals surface area contributed by atoms with Gasteiger partial charge in [0.1, 0.15) is 5.75 Å². The van der Waals surface area contributed by atoms with E-state index in [1.807, 2.05) is 27.7 Å². The standard InChI is InChI=1S/C15H22O.C15H22.2C2H6/c1-11(2)15(12(3)4)9-10-16-14-8-6-5-7-13(14)15;1-11(2)15(12(3)4)10-9-13-7-5-6-8-14(13)15;2*1-2/h5-8,11-12H,9-10H2,1-4H3;5-8,11-12H,9-10H2,1-4H3;2*1-2H3. The van der Waals surface area contributed by atoms with Crippen LogP contribution < -0.4 is 4.74 Å². The fourth-order valence-electron chi connectivity index (χ4n) is 6.84. The number of hydrogen-bond donors (Lipinski definition) is 0. The first-order chi connectivity index (χ1) is 16.7. The third kappa shape index (κ3) is 6.15. The molecule has 1 nitrogen and oxygen atoms in total. The topological polar surface area (TPSA) is 9.23 Å². The molecule has 0 aromatic heterocycles. The van der Waals surface area contributed by atoms with Crippen LogP contribution >= 0.6 is 0 Å². The normalized spacial score (nSPS) is 16.7. The Morgan fingerprint density at radius 1 is 0.571 bits per heavy atom. The van der Waals surface area contributed by atoms with Gasteiger partial charge in [-0.3, -0.25) is 0 Å². The number of ether oxygens (including phenoxy) is 1. The Bertz CT molecular complexity index is 842. The lowest BCUT2D eigenvalue weighted by atomic mass is 9.62. The molecular weight excluding hydrogens is 424 g/mol. The van der Waals surface area contributed by atoms with Crippen molar-refractivity contribution in [3.63, 3.8) is 0 Å². The van der Waals surface area contributed by atoms with E-state index in [0.29, 0.717) is 17.3 Å². The summed E-state index contributed by atoms with van der Waals surface area (Å²) < 4.78 is 5.78. The van der Waals surface area contributed by atoms with Gasteiger partial charge < -0.3 is 4.74 Å². The molecule has 1 aliphatic carbocycles. The van der Waals surface area contributed by atoms with Gasteiger partial charge in [-0.25, -0.2) is 0 Å². The van der Waals surface area contributed by atoms with Crippen molar-refractivity contribution in [2.45, 2.75) is 113 Å². The van der Waals surface area contributed by atoms with E-state index >= 15 is 0 Å². The van der Waals surface area contributed by atoms with Gasteiger partial charge in [0.25, 0.3) is 0 Å². The van der Waals surface area contributed by atoms with Crippen LogP contribution in [-0.4, -0.2) is 6.61 Å². The number of para-hydroxylation sites is 1. The van der Waals surface area contributed by atoms with Crippen molar-refractivity contribution in [3.05, 3.63) is 65.2 Å². The molecule has 1 aliphatic heterocycles. The highest BCUT2D eigenvalue weighted by Gasteiger charge is 2.44. The van der Waals surface area contributed by atoms with Crippen LogP contribution in [0.1, 0.15) is 113 Å². The average Bonchev–Trinajstić information content (AvgIpc) is 3.27. The van der Waals surface area contributed by atoms with Crippen molar-refractivity contribution in [2.24, 2.45) is 23.7 Å². The Kier molecular flexibility index (Phi) is 12.6. The van der Waals surface area contributed by atoms with E-state index in [4.69, 9.17) is 4.74 Å². The lowest BCUT2D eigenvalue weighted by Gasteiger charge is -2.45. The molecule has 0 N–H and O–H groups in total. The van der Waals surface area contributed by atoms with E-state index in [1.54, 1.807) is 11.1 Å². The molecule has 0 spiro atoms. The smallest absolute Gasteiger partial charge is 0.123 e. The van der Waals surface area contributed by atoms with Crippen LogP contribution in [0, 0.1) is 23.7 Å². The van der Waals surface area contributed by atoms with Crippen LogP contribution in [0.5, 0.6) is 5.75 Å². The van der Waals surface area contributed by atoms with Crippen LogP contribution in [0.4, 0.5) is 0 Å². The molecule has 0 unspecified atom stereocenters. The summed E-state index contributed by atoms with van der Waals surface area (Å²) in [5.41, 5.74) is 5.33. The number of benzene rings is 2. The SMILES string of the molecule is CC.CC.CC(C)C1(C(C)C)CCOc2ccccc21.CC(C)C1(C(C)C)CCc2ccccc21. The minimum atomic E-state index is 0.287. The lowest BCUT2D eigenvalue weighted by molar-refractivity contribution is 0.128. The second kappa shape index (κ2) is 14.1. The second-order valence-corrected chi connectivity index (χ2v) is 11.0. The molecule has 198 valence electrons. The number of rotatable bonds is 4. The van der Waals surface area contributed by atoms with Crippen molar-refractivity contribution in [2.75, 3.05) is 6.61 Å². The van der Waals surface area contributed by atoms with E-state index in [9.17, 15) is 0 Å². The van der Waals surface area contributed by atoms with Crippen molar-refractivity contribution in [1.29, 1.82) is 0 Å². The minimum absolute atomic E-state index is 0.287. The van der Waals surface area contributed by atoms with Gasteiger partial charge in [-0.1, -0.05) is 126 Å². The van der Waals surface area contributed by atoms with Crippen molar-refractivity contribution in [3.8, 4) is 5.75 Å². The van der Waals surface area contributed by atoms with Gasteiger partial charge >= 0.3 is 0 Å². The first-order valence-corrected chi connectivity index (χ1v) is 14.5. The molecule has 2 aromatic carbocycles. The fraction of sp³-hybridized carbons (Fsp3) is 0.647. The van der Waals surface area contributed by atoms with E-state index in [2.05, 4.69) is 104 Å². The molecule has 0 atom stereocenters. The van der Waals surface area contributed by atoms with Crippen LogP contribution in [0.25, 0.3) is 0 Å². The molecule has 2 aliphatic rings. The second-order valence-electron chi connectivity index (χ2n) is 11.0. The maximum atomic E-state index is 5.78. The molecule has 0 amide bonds. The van der Waals surface area contributed by atoms with E-state index in [-0.39, 0.29) is 5.41 Å². The molecule has 0 bridgehead atoms. The first-order valence-electron chi connectivity index (χ1n) is 14.5. The Balaban J connectivity index is 0.000000307. The largest absolute Gasteiger partial charge is 0.493 e. The van der Waals surface area contributed by atoms with Gasteiger partial charge in [0.2, 0.25) is 0 Å². The molecule has 0 saturated carbocycles. The molecule has 0 fully saturated rings. The average molecular weight is 481 g/mol. The monoisotopic (exact) mass is 480 g/mol. The van der Waals surface area contributed by atoms with Gasteiger partial charge in [0.15, 0.2) is 0 Å². The summed E-state index contributed by atoms with van der Waals surface area (Å²) in [5.74, 6) is 3.87. The van der Waals surface area contributed by atoms with E-state index in [1.165, 1.54) is 18.4 Å². The Hall–Kier alpha value is -1.76. The van der Waals surface area contributed by atoms with Gasteiger partial charge in [0.05, 0.1) is 6.61 Å². The number of aryl methyl sites for hydroxylation is 1. The zero-order chi connectivity index (χ0) is 26.8. The zero-order valence-electron chi connectivity index (χ0n) is 25.2. The van der Waals surface area contributed by atoms with Gasteiger partial charge in [-0.05, 0) is 60.1 Å². The summed E-state index contributed by atoms with van der Waals surface area (Å²) in [4.78, 5) is 0. The maximum Gasteiger partial charge on any atom is 0.123 e. The zero-order valence-corrected chi connectivity index (χ0v) is 25.2. The van der Waals surface area contributed by atoms with Gasteiger partial charge in [-0.2, -0.15) is 0 Å². The molecular formula is C34H56O. The molecule has 0 radical (unpaired) electrons. The first kappa shape index (κ1) is 31.3. The van der Waals surface area contributed by atoms with Crippen molar-refractivity contribution < 1.29 is 4.74 Å². The molecule has 1 heteroatoms. The molecule has 0 saturated heterocycles. The van der Waals surface area contributed by atoms with Crippen molar-refractivity contribution >= 4 is 0 Å². The van der Waals surface area contributed by atoms with Crippen molar-refractivity contribution in [1.82, 2.24) is 0 Å². The van der Waals surface area contributed by atoms with Crippen LogP contribution in [0.3, 0.4) is 0 Å². The third-order valence-corrected chi connectivity index (χ3v) is 8.61. The summed E-state index contributed by atoms with van der Waals surface area (Å²) >= 11 is 0. The predicted molar refractivity (Wildman–Crippen MR) is 157 cm³/mol. The van der Waals surface area contributed by atoms with Crippen LogP contribution in [0.2, 0.25) is 0 Å². The summed E-state index contributed by atoms with van der Waals surface area (Å²) in [6, 6.07) is 17.6. The summed E-state index contributed by atoms with van der Waals surface area (Å²) in [6.45, 7) is 27.7. The number of fused-ring (bicyclic) bond motifs is 2. The van der Waals surface area contributed by atoms with Gasteiger partial charge in [-0.15, -0.1) is 0 Å². The fourth-order valence-corrected chi connectivity index (χ4v) is 6.84. The highest BCUT2D eigenvalue weighted by molar-refractivity contribution is 5.42. The number of hydrogen-bond acceptors (Lipinski definition) is 1.